The highest BCUT2D eigenvalue weighted by Gasteiger charge is 2.48. The fraction of sp³-hybridized carbons (Fsp3) is 0.625. The lowest BCUT2D eigenvalue weighted by atomic mass is 9.64. The Bertz CT molecular complexity index is 422. The molecule has 19 heavy (non-hydrogen) atoms. The minimum absolute atomic E-state index is 0.0596. The number of nitrogens with two attached hydrogens (primary N) is 1. The van der Waals surface area contributed by atoms with Gasteiger partial charge in [0.15, 0.2) is 0 Å². The maximum absolute atomic E-state index is 10.5. The molecule has 2 aliphatic rings. The Morgan fingerprint density at radius 3 is 2.84 bits per heavy atom. The zero-order valence-electron chi connectivity index (χ0n) is 11.5. The lowest BCUT2D eigenvalue weighted by Gasteiger charge is -2.53. The predicted molar refractivity (Wildman–Crippen MR) is 76.6 cm³/mol. The molecule has 1 saturated heterocycles. The first-order chi connectivity index (χ1) is 9.23. The van der Waals surface area contributed by atoms with E-state index in [-0.39, 0.29) is 11.5 Å². The van der Waals surface area contributed by atoms with Crippen LogP contribution in [0.4, 0.5) is 0 Å². The zero-order valence-corrected chi connectivity index (χ0v) is 11.5. The Labute approximate surface area is 115 Å². The number of benzene rings is 1. The molecule has 1 aliphatic carbocycles. The molecule has 3 N–H and O–H groups in total. The summed E-state index contributed by atoms with van der Waals surface area (Å²) >= 11 is 0. The third-order valence-corrected chi connectivity index (χ3v) is 5.01. The second-order valence-corrected chi connectivity index (χ2v) is 6.32. The number of likely N-dealkylation sites (tertiary alicyclic amines) is 1. The van der Waals surface area contributed by atoms with Crippen LogP contribution in [0.15, 0.2) is 30.3 Å². The molecule has 0 unspecified atom stereocenters. The van der Waals surface area contributed by atoms with Gasteiger partial charge in [-0.1, -0.05) is 36.8 Å². The molecule has 0 radical (unpaired) electrons. The highest BCUT2D eigenvalue weighted by atomic mass is 16.3. The van der Waals surface area contributed by atoms with Crippen molar-refractivity contribution in [2.75, 3.05) is 19.6 Å². The summed E-state index contributed by atoms with van der Waals surface area (Å²) in [6.45, 7) is 3.54. The summed E-state index contributed by atoms with van der Waals surface area (Å²) < 4.78 is 0. The summed E-state index contributed by atoms with van der Waals surface area (Å²) in [5.74, 6) is 0.412. The molecule has 2 bridgehead atoms. The van der Waals surface area contributed by atoms with Crippen LogP contribution in [0.3, 0.4) is 0 Å². The second kappa shape index (κ2) is 5.23. The monoisotopic (exact) mass is 260 g/mol. The van der Waals surface area contributed by atoms with Crippen molar-refractivity contribution >= 4 is 0 Å². The number of aliphatic hydroxyl groups is 1. The van der Waals surface area contributed by atoms with Gasteiger partial charge in [-0.2, -0.15) is 0 Å². The third-order valence-electron chi connectivity index (χ3n) is 5.01. The van der Waals surface area contributed by atoms with Gasteiger partial charge in [0, 0.05) is 31.6 Å². The molecule has 1 aromatic rings. The van der Waals surface area contributed by atoms with Crippen LogP contribution < -0.4 is 5.73 Å². The number of rotatable bonds is 3. The van der Waals surface area contributed by atoms with Gasteiger partial charge in [-0.25, -0.2) is 0 Å². The number of hydrogen-bond acceptors (Lipinski definition) is 3. The molecular weight excluding hydrogens is 236 g/mol. The zero-order chi connectivity index (χ0) is 13.3. The molecular formula is C16H24N2O. The Hall–Kier alpha value is -0.900. The van der Waals surface area contributed by atoms with E-state index in [4.69, 9.17) is 5.73 Å². The van der Waals surface area contributed by atoms with Crippen molar-refractivity contribution in [1.82, 2.24) is 4.90 Å². The molecule has 0 spiro atoms. The lowest BCUT2D eigenvalue weighted by Crippen LogP contribution is -2.61. The van der Waals surface area contributed by atoms with Crippen LogP contribution in [0, 0.1) is 11.3 Å². The average molecular weight is 260 g/mol. The number of fused-ring (bicyclic) bond motifs is 2. The van der Waals surface area contributed by atoms with Gasteiger partial charge in [0.2, 0.25) is 0 Å². The van der Waals surface area contributed by atoms with E-state index in [0.29, 0.717) is 12.5 Å². The predicted octanol–water partition coefficient (Wildman–Crippen LogP) is 1.61. The maximum atomic E-state index is 10.5. The summed E-state index contributed by atoms with van der Waals surface area (Å²) in [4.78, 5) is 2.48. The lowest BCUT2D eigenvalue weighted by molar-refractivity contribution is -0.111. The van der Waals surface area contributed by atoms with Gasteiger partial charge in [-0.15, -0.1) is 0 Å². The van der Waals surface area contributed by atoms with Crippen LogP contribution in [0.5, 0.6) is 0 Å². The van der Waals surface area contributed by atoms with Crippen molar-refractivity contribution in [3.8, 4) is 0 Å². The molecule has 104 valence electrons. The molecule has 3 rings (SSSR count). The van der Waals surface area contributed by atoms with Crippen molar-refractivity contribution in [2.24, 2.45) is 17.1 Å². The molecule has 3 atom stereocenters. The summed E-state index contributed by atoms with van der Waals surface area (Å²) in [6, 6.07) is 10.6. The van der Waals surface area contributed by atoms with E-state index in [9.17, 15) is 5.11 Å². The number of aliphatic hydroxyl groups excluding tert-OH is 1. The van der Waals surface area contributed by atoms with Gasteiger partial charge in [-0.3, -0.25) is 4.90 Å². The minimum Gasteiger partial charge on any atom is -0.392 e. The van der Waals surface area contributed by atoms with E-state index in [1.807, 2.05) is 0 Å². The van der Waals surface area contributed by atoms with Gasteiger partial charge in [0.1, 0.15) is 0 Å². The standard InChI is InChI=1S/C16H24N2O/c17-11-16-8-4-7-14(15(16)19)10-18(12-16)9-13-5-2-1-3-6-13/h1-3,5-6,14-15,19H,4,7-12,17H2/t14-,15+,16+/m0/s1. The maximum Gasteiger partial charge on any atom is 0.0661 e. The van der Waals surface area contributed by atoms with Gasteiger partial charge >= 0.3 is 0 Å². The van der Waals surface area contributed by atoms with E-state index >= 15 is 0 Å². The summed E-state index contributed by atoms with van der Waals surface area (Å²) in [5.41, 5.74) is 7.30. The first kappa shape index (κ1) is 13.1. The third kappa shape index (κ3) is 2.42. The molecule has 3 heteroatoms. The fourth-order valence-electron chi connectivity index (χ4n) is 3.98. The molecule has 0 amide bonds. The number of piperidine rings is 1. The normalized spacial score (nSPS) is 35.3. The van der Waals surface area contributed by atoms with Crippen LogP contribution >= 0.6 is 0 Å². The summed E-state index contributed by atoms with van der Waals surface area (Å²) in [7, 11) is 0. The Morgan fingerprint density at radius 1 is 1.32 bits per heavy atom. The van der Waals surface area contributed by atoms with Crippen molar-refractivity contribution in [1.29, 1.82) is 0 Å². The van der Waals surface area contributed by atoms with Crippen LogP contribution in [0.2, 0.25) is 0 Å². The van der Waals surface area contributed by atoms with Crippen LogP contribution in [-0.4, -0.2) is 35.7 Å². The van der Waals surface area contributed by atoms with Crippen LogP contribution in [-0.2, 0) is 6.54 Å². The first-order valence-corrected chi connectivity index (χ1v) is 7.38. The Kier molecular flexibility index (Phi) is 3.61. The van der Waals surface area contributed by atoms with Crippen molar-refractivity contribution < 1.29 is 5.11 Å². The highest BCUT2D eigenvalue weighted by molar-refractivity contribution is 5.15. The highest BCUT2D eigenvalue weighted by Crippen LogP contribution is 2.43. The molecule has 2 fully saturated rings. The topological polar surface area (TPSA) is 49.5 Å². The SMILES string of the molecule is NC[C@]12CCC[C@@H](CN(Cc3ccccc3)C1)[C@H]2O. The summed E-state index contributed by atoms with van der Waals surface area (Å²) in [6.07, 6.45) is 3.25. The van der Waals surface area contributed by atoms with Crippen molar-refractivity contribution in [2.45, 2.75) is 31.9 Å². The molecule has 1 saturated carbocycles. The van der Waals surface area contributed by atoms with E-state index in [1.54, 1.807) is 0 Å². The van der Waals surface area contributed by atoms with E-state index in [0.717, 1.165) is 32.5 Å². The average Bonchev–Trinajstić information content (AvgIpc) is 2.42. The van der Waals surface area contributed by atoms with Gasteiger partial charge in [0.05, 0.1) is 6.10 Å². The van der Waals surface area contributed by atoms with Crippen molar-refractivity contribution in [3.63, 3.8) is 0 Å². The Balaban J connectivity index is 1.75. The van der Waals surface area contributed by atoms with Crippen molar-refractivity contribution in [3.05, 3.63) is 35.9 Å². The van der Waals surface area contributed by atoms with Gasteiger partial charge in [-0.05, 0) is 24.3 Å². The largest absolute Gasteiger partial charge is 0.392 e. The first-order valence-electron chi connectivity index (χ1n) is 7.38. The van der Waals surface area contributed by atoms with Gasteiger partial charge < -0.3 is 10.8 Å². The smallest absolute Gasteiger partial charge is 0.0661 e. The van der Waals surface area contributed by atoms with Gasteiger partial charge in [0.25, 0.3) is 0 Å². The molecule has 1 aromatic carbocycles. The molecule has 0 aromatic heterocycles. The van der Waals surface area contributed by atoms with E-state index < -0.39 is 0 Å². The number of nitrogens with zero attached hydrogens (tertiary/aromatic N) is 1. The minimum atomic E-state index is -0.196. The molecule has 3 nitrogen and oxygen atoms in total. The summed E-state index contributed by atoms with van der Waals surface area (Å²) in [5, 5.41) is 10.5. The molecule has 1 heterocycles. The Morgan fingerprint density at radius 2 is 2.11 bits per heavy atom. The van der Waals surface area contributed by atoms with Crippen LogP contribution in [0.1, 0.15) is 24.8 Å². The van der Waals surface area contributed by atoms with E-state index in [1.165, 1.54) is 12.0 Å². The fourth-order valence-corrected chi connectivity index (χ4v) is 3.98. The quantitative estimate of drug-likeness (QED) is 0.868. The molecule has 1 aliphatic heterocycles. The van der Waals surface area contributed by atoms with Crippen LogP contribution in [0.25, 0.3) is 0 Å². The number of hydrogen-bond donors (Lipinski definition) is 2. The second-order valence-electron chi connectivity index (χ2n) is 6.32. The van der Waals surface area contributed by atoms with E-state index in [2.05, 4.69) is 35.2 Å².